The summed E-state index contributed by atoms with van der Waals surface area (Å²) in [5, 5.41) is 4.23. The first-order valence-corrected chi connectivity index (χ1v) is 5.97. The summed E-state index contributed by atoms with van der Waals surface area (Å²) in [4.78, 5) is 13.5. The predicted molar refractivity (Wildman–Crippen MR) is 69.5 cm³/mol. The standard InChI is InChI=1S/C12H22N4O2/c1-8(6-13)15(4)11(17)7-18-12-9(2)14-16(5)10(12)3/h8H,6-7,13H2,1-5H3. The van der Waals surface area contributed by atoms with Gasteiger partial charge in [0, 0.05) is 26.7 Å². The van der Waals surface area contributed by atoms with Gasteiger partial charge in [0.2, 0.25) is 0 Å². The lowest BCUT2D eigenvalue weighted by atomic mass is 10.3. The summed E-state index contributed by atoms with van der Waals surface area (Å²) in [7, 11) is 3.58. The normalized spacial score (nSPS) is 12.3. The van der Waals surface area contributed by atoms with Crippen molar-refractivity contribution >= 4 is 5.91 Å². The predicted octanol–water partition coefficient (Wildman–Crippen LogP) is 0.221. The molecule has 1 atom stereocenters. The monoisotopic (exact) mass is 254 g/mol. The number of nitrogens with two attached hydrogens (primary N) is 1. The van der Waals surface area contributed by atoms with Crippen LogP contribution in [0.1, 0.15) is 18.3 Å². The molecule has 1 aromatic heterocycles. The quantitative estimate of drug-likeness (QED) is 0.816. The van der Waals surface area contributed by atoms with Crippen LogP contribution in [-0.2, 0) is 11.8 Å². The molecular weight excluding hydrogens is 232 g/mol. The summed E-state index contributed by atoms with van der Waals surface area (Å²) in [6.07, 6.45) is 0. The number of nitrogens with zero attached hydrogens (tertiary/aromatic N) is 3. The molecule has 0 aliphatic carbocycles. The van der Waals surface area contributed by atoms with Gasteiger partial charge in [0.05, 0.1) is 5.69 Å². The maximum absolute atomic E-state index is 11.9. The van der Waals surface area contributed by atoms with E-state index >= 15 is 0 Å². The van der Waals surface area contributed by atoms with Crippen LogP contribution >= 0.6 is 0 Å². The second-order valence-corrected chi connectivity index (χ2v) is 4.50. The number of carbonyl (C=O) groups is 1. The smallest absolute Gasteiger partial charge is 0.260 e. The maximum atomic E-state index is 11.9. The number of carbonyl (C=O) groups excluding carboxylic acids is 1. The zero-order chi connectivity index (χ0) is 13.9. The van der Waals surface area contributed by atoms with Crippen LogP contribution in [0.25, 0.3) is 0 Å². The van der Waals surface area contributed by atoms with E-state index < -0.39 is 0 Å². The van der Waals surface area contributed by atoms with Crippen LogP contribution in [0, 0.1) is 13.8 Å². The molecule has 6 nitrogen and oxygen atoms in total. The van der Waals surface area contributed by atoms with Crippen molar-refractivity contribution in [2.45, 2.75) is 26.8 Å². The summed E-state index contributed by atoms with van der Waals surface area (Å²) in [6.45, 7) is 6.12. The molecule has 1 rings (SSSR count). The van der Waals surface area contributed by atoms with E-state index in [1.54, 1.807) is 16.6 Å². The van der Waals surface area contributed by atoms with Gasteiger partial charge in [-0.3, -0.25) is 9.48 Å². The molecule has 2 N–H and O–H groups in total. The number of hydrogen-bond acceptors (Lipinski definition) is 4. The molecule has 0 bridgehead atoms. The Morgan fingerprint density at radius 1 is 1.56 bits per heavy atom. The number of likely N-dealkylation sites (N-methyl/N-ethyl adjacent to an activating group) is 1. The second kappa shape index (κ2) is 5.86. The van der Waals surface area contributed by atoms with Crippen molar-refractivity contribution in [3.63, 3.8) is 0 Å². The van der Waals surface area contributed by atoms with Crippen LogP contribution in [0.5, 0.6) is 5.75 Å². The topological polar surface area (TPSA) is 73.4 Å². The Balaban J connectivity index is 2.63. The van der Waals surface area contributed by atoms with Crippen LogP contribution in [0.4, 0.5) is 0 Å². The summed E-state index contributed by atoms with van der Waals surface area (Å²) in [5.41, 5.74) is 7.22. The largest absolute Gasteiger partial charge is 0.480 e. The van der Waals surface area contributed by atoms with Crippen LogP contribution in [-0.4, -0.2) is 46.8 Å². The summed E-state index contributed by atoms with van der Waals surface area (Å²) in [5.74, 6) is 0.593. The van der Waals surface area contributed by atoms with E-state index in [0.29, 0.717) is 12.3 Å². The van der Waals surface area contributed by atoms with Crippen LogP contribution < -0.4 is 10.5 Å². The molecule has 6 heteroatoms. The van der Waals surface area contributed by atoms with Gasteiger partial charge in [-0.25, -0.2) is 0 Å². The highest BCUT2D eigenvalue weighted by molar-refractivity contribution is 5.77. The number of rotatable bonds is 5. The Bertz CT molecular complexity index is 428. The average molecular weight is 254 g/mol. The Hall–Kier alpha value is -1.56. The molecule has 0 fully saturated rings. The number of amides is 1. The SMILES string of the molecule is Cc1nn(C)c(C)c1OCC(=O)N(C)C(C)CN. The first-order chi connectivity index (χ1) is 8.38. The van der Waals surface area contributed by atoms with Crippen LogP contribution in [0.15, 0.2) is 0 Å². The molecule has 0 aromatic carbocycles. The third kappa shape index (κ3) is 3.01. The third-order valence-corrected chi connectivity index (χ3v) is 3.18. The van der Waals surface area contributed by atoms with Crippen molar-refractivity contribution < 1.29 is 9.53 Å². The summed E-state index contributed by atoms with van der Waals surface area (Å²) in [6, 6.07) is 0.0113. The molecule has 18 heavy (non-hydrogen) atoms. The Morgan fingerprint density at radius 2 is 2.17 bits per heavy atom. The van der Waals surface area contributed by atoms with Gasteiger partial charge < -0.3 is 15.4 Å². The first kappa shape index (κ1) is 14.5. The van der Waals surface area contributed by atoms with Gasteiger partial charge in [0.25, 0.3) is 5.91 Å². The molecule has 0 saturated carbocycles. The number of aromatic nitrogens is 2. The zero-order valence-electron chi connectivity index (χ0n) is 11.7. The molecule has 1 unspecified atom stereocenters. The second-order valence-electron chi connectivity index (χ2n) is 4.50. The number of aryl methyl sites for hydroxylation is 2. The minimum Gasteiger partial charge on any atom is -0.480 e. The van der Waals surface area contributed by atoms with Crippen molar-refractivity contribution in [3.05, 3.63) is 11.4 Å². The molecule has 0 saturated heterocycles. The van der Waals surface area contributed by atoms with E-state index in [9.17, 15) is 4.79 Å². The lowest BCUT2D eigenvalue weighted by Gasteiger charge is -2.23. The summed E-state index contributed by atoms with van der Waals surface area (Å²) < 4.78 is 7.29. The molecule has 0 aliphatic heterocycles. The molecule has 1 aromatic rings. The van der Waals surface area contributed by atoms with Crippen molar-refractivity contribution in [2.24, 2.45) is 12.8 Å². The van der Waals surface area contributed by atoms with Gasteiger partial charge in [0.1, 0.15) is 5.69 Å². The Labute approximate surface area is 108 Å². The molecule has 0 spiro atoms. The molecule has 102 valence electrons. The lowest BCUT2D eigenvalue weighted by molar-refractivity contribution is -0.133. The number of hydrogen-bond donors (Lipinski definition) is 1. The van der Waals surface area contributed by atoms with Crippen LogP contribution in [0.3, 0.4) is 0 Å². The van der Waals surface area contributed by atoms with Gasteiger partial charge in [-0.15, -0.1) is 0 Å². The van der Waals surface area contributed by atoms with E-state index in [0.717, 1.165) is 11.4 Å². The highest BCUT2D eigenvalue weighted by atomic mass is 16.5. The van der Waals surface area contributed by atoms with Crippen molar-refractivity contribution in [2.75, 3.05) is 20.2 Å². The lowest BCUT2D eigenvalue weighted by Crippen LogP contribution is -2.42. The van der Waals surface area contributed by atoms with E-state index in [2.05, 4.69) is 5.10 Å². The molecule has 1 heterocycles. The van der Waals surface area contributed by atoms with Crippen molar-refractivity contribution in [1.82, 2.24) is 14.7 Å². The maximum Gasteiger partial charge on any atom is 0.260 e. The number of ether oxygens (including phenoxy) is 1. The fourth-order valence-electron chi connectivity index (χ4n) is 1.60. The van der Waals surface area contributed by atoms with E-state index in [1.165, 1.54) is 0 Å². The van der Waals surface area contributed by atoms with Gasteiger partial charge in [0.15, 0.2) is 12.4 Å². The molecule has 0 aliphatic rings. The van der Waals surface area contributed by atoms with Gasteiger partial charge in [-0.1, -0.05) is 0 Å². The van der Waals surface area contributed by atoms with E-state index in [1.807, 2.05) is 27.8 Å². The van der Waals surface area contributed by atoms with Gasteiger partial charge >= 0.3 is 0 Å². The van der Waals surface area contributed by atoms with Crippen LogP contribution in [0.2, 0.25) is 0 Å². The third-order valence-electron chi connectivity index (χ3n) is 3.18. The van der Waals surface area contributed by atoms with Crippen molar-refractivity contribution in [3.8, 4) is 5.75 Å². The first-order valence-electron chi connectivity index (χ1n) is 5.97. The molecule has 0 radical (unpaired) electrons. The van der Waals surface area contributed by atoms with Gasteiger partial charge in [-0.2, -0.15) is 5.10 Å². The van der Waals surface area contributed by atoms with E-state index in [4.69, 9.17) is 10.5 Å². The van der Waals surface area contributed by atoms with Gasteiger partial charge in [-0.05, 0) is 20.8 Å². The van der Waals surface area contributed by atoms with E-state index in [-0.39, 0.29) is 18.6 Å². The Kier molecular flexibility index (Phi) is 4.72. The van der Waals surface area contributed by atoms with Crippen molar-refractivity contribution in [1.29, 1.82) is 0 Å². The highest BCUT2D eigenvalue weighted by Gasteiger charge is 2.17. The fraction of sp³-hybridized carbons (Fsp3) is 0.667. The molecule has 1 amide bonds. The fourth-order valence-corrected chi connectivity index (χ4v) is 1.60. The minimum atomic E-state index is -0.0874. The average Bonchev–Trinajstić information content (AvgIpc) is 2.59. The molecular formula is C12H22N4O2. The summed E-state index contributed by atoms with van der Waals surface area (Å²) >= 11 is 0. The Morgan fingerprint density at radius 3 is 2.61 bits per heavy atom. The minimum absolute atomic E-state index is 0.00815. The highest BCUT2D eigenvalue weighted by Crippen LogP contribution is 2.21. The zero-order valence-corrected chi connectivity index (χ0v) is 11.7.